The lowest BCUT2D eigenvalue weighted by molar-refractivity contribution is 0.0940. The summed E-state index contributed by atoms with van der Waals surface area (Å²) >= 11 is 6.15. The van der Waals surface area contributed by atoms with Gasteiger partial charge in [0.15, 0.2) is 0 Å². The quantitative estimate of drug-likeness (QED) is 0.774. The van der Waals surface area contributed by atoms with Crippen molar-refractivity contribution in [3.63, 3.8) is 0 Å². The molecule has 2 N–H and O–H groups in total. The lowest BCUT2D eigenvalue weighted by atomic mass is 10.1. The van der Waals surface area contributed by atoms with Crippen LogP contribution in [0.15, 0.2) is 48.7 Å². The minimum atomic E-state index is -0.163. The Morgan fingerprint density at radius 3 is 2.90 bits per heavy atom. The summed E-state index contributed by atoms with van der Waals surface area (Å²) in [6.45, 7) is 1.91. The molecule has 0 saturated heterocycles. The number of rotatable bonds is 3. The number of carbonyl (C=O) groups excluding carboxylic acids is 1. The number of H-pyrrole nitrogens is 1. The van der Waals surface area contributed by atoms with Crippen molar-refractivity contribution in [3.05, 3.63) is 64.8 Å². The van der Waals surface area contributed by atoms with E-state index in [2.05, 4.69) is 15.5 Å². The summed E-state index contributed by atoms with van der Waals surface area (Å²) in [7, 11) is 0. The van der Waals surface area contributed by atoms with Crippen LogP contribution in [-0.2, 0) is 0 Å². The second-order valence-corrected chi connectivity index (χ2v) is 5.30. The van der Waals surface area contributed by atoms with Crippen LogP contribution >= 0.6 is 11.6 Å². The minimum absolute atomic E-state index is 0.140. The molecule has 0 radical (unpaired) electrons. The van der Waals surface area contributed by atoms with Crippen molar-refractivity contribution in [1.82, 2.24) is 15.5 Å². The van der Waals surface area contributed by atoms with Gasteiger partial charge in [0, 0.05) is 16.0 Å². The van der Waals surface area contributed by atoms with Gasteiger partial charge in [0.2, 0.25) is 0 Å². The summed E-state index contributed by atoms with van der Waals surface area (Å²) in [5.41, 5.74) is 2.33. The number of nitrogens with zero attached hydrogens (tertiary/aromatic N) is 1. The maximum Gasteiger partial charge on any atom is 0.251 e. The van der Waals surface area contributed by atoms with Crippen molar-refractivity contribution in [2.75, 3.05) is 0 Å². The Balaban J connectivity index is 1.81. The second-order valence-electron chi connectivity index (χ2n) is 4.89. The first-order chi connectivity index (χ1) is 10.1. The van der Waals surface area contributed by atoms with Crippen molar-refractivity contribution >= 4 is 28.4 Å². The Morgan fingerprint density at radius 1 is 1.29 bits per heavy atom. The highest BCUT2D eigenvalue weighted by atomic mass is 35.5. The van der Waals surface area contributed by atoms with Gasteiger partial charge >= 0.3 is 0 Å². The topological polar surface area (TPSA) is 57.8 Å². The van der Waals surface area contributed by atoms with Crippen LogP contribution in [0.5, 0.6) is 0 Å². The standard InChI is InChI=1S/C16H14ClN3O/c1-10(13-4-2-3-5-14(13)17)19-16(21)11-6-7-12-9-18-20-15(12)8-11/h2-10H,1H3,(H,18,20)(H,19,21). The van der Waals surface area contributed by atoms with Crippen LogP contribution in [0, 0.1) is 0 Å². The van der Waals surface area contributed by atoms with E-state index in [1.807, 2.05) is 37.3 Å². The molecule has 2 aromatic carbocycles. The summed E-state index contributed by atoms with van der Waals surface area (Å²) in [5, 5.41) is 11.4. The summed E-state index contributed by atoms with van der Waals surface area (Å²) in [6, 6.07) is 12.8. The molecule has 0 aliphatic rings. The molecule has 0 aliphatic heterocycles. The molecule has 1 heterocycles. The SMILES string of the molecule is CC(NC(=O)c1ccc2cn[nH]c2c1)c1ccccc1Cl. The van der Waals surface area contributed by atoms with Crippen molar-refractivity contribution in [3.8, 4) is 0 Å². The number of amides is 1. The van der Waals surface area contributed by atoms with Gasteiger partial charge in [-0.15, -0.1) is 0 Å². The van der Waals surface area contributed by atoms with E-state index < -0.39 is 0 Å². The van der Waals surface area contributed by atoms with E-state index in [0.717, 1.165) is 16.5 Å². The fraction of sp³-hybridized carbons (Fsp3) is 0.125. The van der Waals surface area contributed by atoms with Crippen molar-refractivity contribution < 1.29 is 4.79 Å². The molecule has 0 saturated carbocycles. The molecule has 21 heavy (non-hydrogen) atoms. The number of hydrogen-bond donors (Lipinski definition) is 2. The maximum atomic E-state index is 12.3. The molecule has 3 rings (SSSR count). The zero-order chi connectivity index (χ0) is 14.8. The van der Waals surface area contributed by atoms with E-state index in [1.54, 1.807) is 18.3 Å². The van der Waals surface area contributed by atoms with Crippen LogP contribution in [0.3, 0.4) is 0 Å². The number of nitrogens with one attached hydrogen (secondary N) is 2. The Bertz CT molecular complexity index is 797. The monoisotopic (exact) mass is 299 g/mol. The van der Waals surface area contributed by atoms with Gasteiger partial charge in [-0.2, -0.15) is 5.10 Å². The third kappa shape index (κ3) is 2.76. The van der Waals surface area contributed by atoms with Crippen LogP contribution in [-0.4, -0.2) is 16.1 Å². The van der Waals surface area contributed by atoms with Crippen molar-refractivity contribution in [2.24, 2.45) is 0 Å². The first-order valence-corrected chi connectivity index (χ1v) is 7.01. The summed E-state index contributed by atoms with van der Waals surface area (Å²) in [5.74, 6) is -0.140. The highest BCUT2D eigenvalue weighted by Crippen LogP contribution is 2.22. The van der Waals surface area contributed by atoms with Gasteiger partial charge in [0.1, 0.15) is 0 Å². The van der Waals surface area contributed by atoms with Gasteiger partial charge in [-0.25, -0.2) is 0 Å². The third-order valence-electron chi connectivity index (χ3n) is 3.42. The summed E-state index contributed by atoms with van der Waals surface area (Å²) in [4.78, 5) is 12.3. The van der Waals surface area contributed by atoms with Crippen LogP contribution < -0.4 is 5.32 Å². The van der Waals surface area contributed by atoms with Crippen LogP contribution in [0.1, 0.15) is 28.9 Å². The Morgan fingerprint density at radius 2 is 2.10 bits per heavy atom. The lowest BCUT2D eigenvalue weighted by Gasteiger charge is -2.15. The molecule has 1 atom stereocenters. The van der Waals surface area contributed by atoms with E-state index in [9.17, 15) is 4.79 Å². The fourth-order valence-corrected chi connectivity index (χ4v) is 2.56. The first-order valence-electron chi connectivity index (χ1n) is 6.63. The van der Waals surface area contributed by atoms with Gasteiger partial charge in [-0.1, -0.05) is 35.9 Å². The molecule has 5 heteroatoms. The minimum Gasteiger partial charge on any atom is -0.345 e. The van der Waals surface area contributed by atoms with Crippen LogP contribution in [0.25, 0.3) is 10.9 Å². The summed E-state index contributed by atoms with van der Waals surface area (Å²) < 4.78 is 0. The van der Waals surface area contributed by atoms with Crippen LogP contribution in [0.2, 0.25) is 5.02 Å². The lowest BCUT2D eigenvalue weighted by Crippen LogP contribution is -2.26. The molecule has 0 spiro atoms. The zero-order valence-corrected chi connectivity index (χ0v) is 12.2. The van der Waals surface area contributed by atoms with Crippen molar-refractivity contribution in [1.29, 1.82) is 0 Å². The Labute approximate surface area is 127 Å². The largest absolute Gasteiger partial charge is 0.345 e. The Kier molecular flexibility index (Phi) is 3.62. The van der Waals surface area contributed by atoms with Crippen molar-refractivity contribution in [2.45, 2.75) is 13.0 Å². The third-order valence-corrected chi connectivity index (χ3v) is 3.77. The average Bonchev–Trinajstić information content (AvgIpc) is 2.94. The molecule has 1 aromatic heterocycles. The molecular weight excluding hydrogens is 286 g/mol. The highest BCUT2D eigenvalue weighted by Gasteiger charge is 2.14. The summed E-state index contributed by atoms with van der Waals surface area (Å²) in [6.07, 6.45) is 1.73. The number of hydrogen-bond acceptors (Lipinski definition) is 2. The molecule has 0 fully saturated rings. The fourth-order valence-electron chi connectivity index (χ4n) is 2.26. The predicted octanol–water partition coefficient (Wildman–Crippen LogP) is 3.71. The van der Waals surface area contributed by atoms with Crippen LogP contribution in [0.4, 0.5) is 0 Å². The number of carbonyl (C=O) groups is 1. The maximum absolute atomic E-state index is 12.3. The normalized spacial score (nSPS) is 12.3. The first kappa shape index (κ1) is 13.6. The molecule has 1 unspecified atom stereocenters. The van der Waals surface area contributed by atoms with E-state index in [-0.39, 0.29) is 11.9 Å². The molecule has 4 nitrogen and oxygen atoms in total. The number of fused-ring (bicyclic) bond motifs is 1. The molecular formula is C16H14ClN3O. The number of aromatic nitrogens is 2. The van der Waals surface area contributed by atoms with Gasteiger partial charge in [0.25, 0.3) is 5.91 Å². The smallest absolute Gasteiger partial charge is 0.251 e. The van der Waals surface area contributed by atoms with E-state index in [0.29, 0.717) is 10.6 Å². The zero-order valence-electron chi connectivity index (χ0n) is 11.4. The van der Waals surface area contributed by atoms with Gasteiger partial charge in [-0.3, -0.25) is 9.89 Å². The number of halogens is 1. The molecule has 106 valence electrons. The number of aromatic amines is 1. The van der Waals surface area contributed by atoms with Gasteiger partial charge in [-0.05, 0) is 30.7 Å². The van der Waals surface area contributed by atoms with E-state index >= 15 is 0 Å². The predicted molar refractivity (Wildman–Crippen MR) is 83.4 cm³/mol. The highest BCUT2D eigenvalue weighted by molar-refractivity contribution is 6.31. The Hall–Kier alpha value is -2.33. The number of benzene rings is 2. The second kappa shape index (κ2) is 5.58. The molecule has 0 bridgehead atoms. The van der Waals surface area contributed by atoms with E-state index in [4.69, 9.17) is 11.6 Å². The van der Waals surface area contributed by atoms with Gasteiger partial charge < -0.3 is 5.32 Å². The molecule has 0 aliphatic carbocycles. The molecule has 1 amide bonds. The average molecular weight is 300 g/mol. The van der Waals surface area contributed by atoms with E-state index in [1.165, 1.54) is 0 Å². The molecule has 3 aromatic rings. The van der Waals surface area contributed by atoms with Gasteiger partial charge in [0.05, 0.1) is 17.8 Å².